The number of para-hydroxylation sites is 1. The molecule has 4 nitrogen and oxygen atoms in total. The molecular weight excluding hydrogens is 374 g/mol. The number of carbonyl (C=O) groups excluding carboxylic acids is 2. The molecule has 1 fully saturated rings. The van der Waals surface area contributed by atoms with Crippen LogP contribution in [0.15, 0.2) is 72.8 Å². The molecule has 0 radical (unpaired) electrons. The molecule has 0 spiro atoms. The van der Waals surface area contributed by atoms with E-state index in [1.807, 2.05) is 48.5 Å². The van der Waals surface area contributed by atoms with Crippen LogP contribution in [0.4, 0.5) is 20.2 Å². The molecule has 2 amide bonds. The lowest BCUT2D eigenvalue weighted by atomic mass is 10.0. The fourth-order valence-electron chi connectivity index (χ4n) is 3.52. The Morgan fingerprint density at radius 2 is 1.59 bits per heavy atom. The number of carbonyl (C=O) groups is 2. The summed E-state index contributed by atoms with van der Waals surface area (Å²) in [5.74, 6) is -2.79. The van der Waals surface area contributed by atoms with Crippen LogP contribution in [-0.2, 0) is 9.59 Å². The van der Waals surface area contributed by atoms with E-state index in [1.54, 1.807) is 6.07 Å². The van der Waals surface area contributed by atoms with Crippen LogP contribution in [0.3, 0.4) is 0 Å². The summed E-state index contributed by atoms with van der Waals surface area (Å²) in [5.41, 5.74) is 2.59. The lowest BCUT2D eigenvalue weighted by molar-refractivity contribution is -0.122. The molecule has 0 aromatic heterocycles. The van der Waals surface area contributed by atoms with E-state index in [1.165, 1.54) is 4.90 Å². The zero-order valence-electron chi connectivity index (χ0n) is 15.4. The van der Waals surface area contributed by atoms with Gasteiger partial charge in [-0.15, -0.1) is 0 Å². The Kier molecular flexibility index (Phi) is 5.08. The molecule has 0 saturated carbocycles. The Morgan fingerprint density at radius 3 is 2.31 bits per heavy atom. The number of rotatable bonds is 4. The molecule has 3 aromatic rings. The molecule has 146 valence electrons. The third kappa shape index (κ3) is 4.01. The second-order valence-electron chi connectivity index (χ2n) is 6.93. The number of anilines is 2. The second kappa shape index (κ2) is 7.83. The summed E-state index contributed by atoms with van der Waals surface area (Å²) >= 11 is 0. The average Bonchev–Trinajstić information content (AvgIpc) is 3.10. The minimum Gasteiger partial charge on any atom is -0.325 e. The zero-order chi connectivity index (χ0) is 20.4. The average molecular weight is 392 g/mol. The number of nitrogens with zero attached hydrogens (tertiary/aromatic N) is 1. The summed E-state index contributed by atoms with van der Waals surface area (Å²) in [4.78, 5) is 26.4. The van der Waals surface area contributed by atoms with Crippen molar-refractivity contribution < 1.29 is 18.4 Å². The van der Waals surface area contributed by atoms with Crippen molar-refractivity contribution in [1.29, 1.82) is 0 Å². The van der Waals surface area contributed by atoms with Gasteiger partial charge in [-0.2, -0.15) is 0 Å². The number of benzene rings is 3. The molecule has 1 N–H and O–H groups in total. The Balaban J connectivity index is 1.53. The fourth-order valence-corrected chi connectivity index (χ4v) is 3.52. The molecule has 1 unspecified atom stereocenters. The van der Waals surface area contributed by atoms with Gasteiger partial charge in [0.15, 0.2) is 0 Å². The van der Waals surface area contributed by atoms with Gasteiger partial charge in [-0.25, -0.2) is 8.78 Å². The highest BCUT2D eigenvalue weighted by Crippen LogP contribution is 2.30. The first-order chi connectivity index (χ1) is 14.0. The van der Waals surface area contributed by atoms with Crippen LogP contribution >= 0.6 is 0 Å². The van der Waals surface area contributed by atoms with Gasteiger partial charge in [0.25, 0.3) is 0 Å². The van der Waals surface area contributed by atoms with Gasteiger partial charge in [-0.3, -0.25) is 9.59 Å². The van der Waals surface area contributed by atoms with Crippen molar-refractivity contribution in [3.63, 3.8) is 0 Å². The summed E-state index contributed by atoms with van der Waals surface area (Å²) in [7, 11) is 0. The monoisotopic (exact) mass is 392 g/mol. The lowest BCUT2D eigenvalue weighted by Crippen LogP contribution is -2.28. The molecule has 6 heteroatoms. The molecule has 0 bridgehead atoms. The number of hydrogen-bond donors (Lipinski definition) is 1. The maximum atomic E-state index is 13.5. The van der Waals surface area contributed by atoms with Crippen molar-refractivity contribution >= 4 is 23.2 Å². The third-order valence-corrected chi connectivity index (χ3v) is 4.92. The van der Waals surface area contributed by atoms with Crippen LogP contribution in [0, 0.1) is 17.6 Å². The van der Waals surface area contributed by atoms with Crippen LogP contribution in [0.1, 0.15) is 6.42 Å². The first-order valence-corrected chi connectivity index (χ1v) is 9.23. The van der Waals surface area contributed by atoms with Crippen molar-refractivity contribution in [1.82, 2.24) is 0 Å². The summed E-state index contributed by atoms with van der Waals surface area (Å²) in [6, 6.07) is 20.0. The van der Waals surface area contributed by atoms with E-state index in [4.69, 9.17) is 0 Å². The topological polar surface area (TPSA) is 49.4 Å². The Hall–Kier alpha value is -3.54. The highest BCUT2D eigenvalue weighted by molar-refractivity contribution is 6.04. The SMILES string of the molecule is O=C(Nc1ccccc1-c1ccccc1)C1CC(=O)N(c2cc(F)cc(F)c2)C1. The van der Waals surface area contributed by atoms with Crippen LogP contribution in [0.2, 0.25) is 0 Å². The molecule has 1 heterocycles. The molecule has 1 aliphatic heterocycles. The first-order valence-electron chi connectivity index (χ1n) is 9.23. The standard InChI is InChI=1S/C23H18F2N2O2/c24-17-11-18(25)13-19(12-17)27-14-16(10-22(27)28)23(29)26-21-9-5-4-8-20(21)15-6-2-1-3-7-15/h1-9,11-13,16H,10,14H2,(H,26,29). The van der Waals surface area contributed by atoms with E-state index >= 15 is 0 Å². The van der Waals surface area contributed by atoms with Gasteiger partial charge in [0.1, 0.15) is 11.6 Å². The normalized spacial score (nSPS) is 16.1. The fraction of sp³-hybridized carbons (Fsp3) is 0.130. The summed E-state index contributed by atoms with van der Waals surface area (Å²) in [5, 5.41) is 2.90. The van der Waals surface area contributed by atoms with Gasteiger partial charge < -0.3 is 10.2 Å². The molecule has 1 saturated heterocycles. The zero-order valence-corrected chi connectivity index (χ0v) is 15.4. The summed E-state index contributed by atoms with van der Waals surface area (Å²) in [6.07, 6.45) is -0.0164. The van der Waals surface area contributed by atoms with E-state index in [2.05, 4.69) is 5.32 Å². The molecule has 29 heavy (non-hydrogen) atoms. The number of halogens is 2. The molecular formula is C23H18F2N2O2. The van der Waals surface area contributed by atoms with E-state index in [0.29, 0.717) is 5.69 Å². The van der Waals surface area contributed by atoms with Crippen molar-refractivity contribution in [3.05, 3.63) is 84.4 Å². The number of hydrogen-bond acceptors (Lipinski definition) is 2. The highest BCUT2D eigenvalue weighted by Gasteiger charge is 2.35. The maximum absolute atomic E-state index is 13.5. The van der Waals surface area contributed by atoms with Crippen molar-refractivity contribution in [2.75, 3.05) is 16.8 Å². The quantitative estimate of drug-likeness (QED) is 0.704. The van der Waals surface area contributed by atoms with Crippen molar-refractivity contribution in [3.8, 4) is 11.1 Å². The minimum absolute atomic E-state index is 0.0164. The van der Waals surface area contributed by atoms with Crippen molar-refractivity contribution in [2.45, 2.75) is 6.42 Å². The smallest absolute Gasteiger partial charge is 0.229 e. The Labute approximate surface area is 166 Å². The minimum atomic E-state index is -0.766. The number of amides is 2. The van der Waals surface area contributed by atoms with E-state index in [0.717, 1.165) is 29.3 Å². The lowest BCUT2D eigenvalue weighted by Gasteiger charge is -2.17. The van der Waals surface area contributed by atoms with Crippen LogP contribution in [0.5, 0.6) is 0 Å². The van der Waals surface area contributed by atoms with Crippen LogP contribution in [0.25, 0.3) is 11.1 Å². The van der Waals surface area contributed by atoms with Crippen LogP contribution in [-0.4, -0.2) is 18.4 Å². The second-order valence-corrected chi connectivity index (χ2v) is 6.93. The van der Waals surface area contributed by atoms with Gasteiger partial charge in [0.2, 0.25) is 11.8 Å². The molecule has 1 aliphatic rings. The highest BCUT2D eigenvalue weighted by atomic mass is 19.1. The third-order valence-electron chi connectivity index (χ3n) is 4.92. The van der Waals surface area contributed by atoms with Crippen LogP contribution < -0.4 is 10.2 Å². The van der Waals surface area contributed by atoms with Gasteiger partial charge in [-0.1, -0.05) is 48.5 Å². The van der Waals surface area contributed by atoms with Gasteiger partial charge in [0.05, 0.1) is 5.92 Å². The van der Waals surface area contributed by atoms with Gasteiger partial charge in [0, 0.05) is 36.0 Å². The maximum Gasteiger partial charge on any atom is 0.229 e. The molecule has 1 atom stereocenters. The van der Waals surface area contributed by atoms with E-state index in [9.17, 15) is 18.4 Å². The Morgan fingerprint density at radius 1 is 0.931 bits per heavy atom. The largest absolute Gasteiger partial charge is 0.325 e. The first kappa shape index (κ1) is 18.8. The molecule has 0 aliphatic carbocycles. The predicted octanol–water partition coefficient (Wildman–Crippen LogP) is 4.62. The van der Waals surface area contributed by atoms with Gasteiger partial charge >= 0.3 is 0 Å². The van der Waals surface area contributed by atoms with Gasteiger partial charge in [-0.05, 0) is 23.8 Å². The summed E-state index contributed by atoms with van der Waals surface area (Å²) < 4.78 is 27.0. The molecule has 3 aromatic carbocycles. The molecule has 4 rings (SSSR count). The van der Waals surface area contributed by atoms with Crippen molar-refractivity contribution in [2.24, 2.45) is 5.92 Å². The number of nitrogens with one attached hydrogen (secondary N) is 1. The van der Waals surface area contributed by atoms with E-state index in [-0.39, 0.29) is 30.5 Å². The summed E-state index contributed by atoms with van der Waals surface area (Å²) in [6.45, 7) is 0.0705. The van der Waals surface area contributed by atoms with E-state index < -0.39 is 17.6 Å². The Bertz CT molecular complexity index is 1050. The predicted molar refractivity (Wildman–Crippen MR) is 107 cm³/mol.